The Balaban J connectivity index is 1.35. The Hall–Kier alpha value is -1.47. The Morgan fingerprint density at radius 1 is 1.04 bits per heavy atom. The Morgan fingerprint density at radius 2 is 1.79 bits per heavy atom. The van der Waals surface area contributed by atoms with Gasteiger partial charge in [0.1, 0.15) is 0 Å². The topological polar surface area (TPSA) is 69.6 Å². The van der Waals surface area contributed by atoms with E-state index in [1.807, 2.05) is 30.3 Å². The fourth-order valence-corrected chi connectivity index (χ4v) is 6.22. The zero-order valence-corrected chi connectivity index (χ0v) is 17.1. The Morgan fingerprint density at radius 3 is 2.64 bits per heavy atom. The van der Waals surface area contributed by atoms with Gasteiger partial charge in [-0.3, -0.25) is 0 Å². The zero-order valence-electron chi connectivity index (χ0n) is 16.3. The third kappa shape index (κ3) is 4.40. The normalized spacial score (nSPS) is 24.8. The van der Waals surface area contributed by atoms with E-state index in [1.54, 1.807) is 12.1 Å². The van der Waals surface area contributed by atoms with Crippen molar-refractivity contribution in [1.29, 1.82) is 0 Å². The number of aliphatic hydroxyl groups excluding tert-OH is 1. The average molecular weight is 403 g/mol. The Labute approximate surface area is 167 Å². The van der Waals surface area contributed by atoms with E-state index in [9.17, 15) is 13.5 Å². The van der Waals surface area contributed by atoms with Crippen LogP contribution in [0.15, 0.2) is 47.4 Å². The van der Waals surface area contributed by atoms with Gasteiger partial charge in [0.15, 0.2) is 0 Å². The third-order valence-electron chi connectivity index (χ3n) is 6.39. The van der Waals surface area contributed by atoms with E-state index in [4.69, 9.17) is 0 Å². The van der Waals surface area contributed by atoms with E-state index in [0.29, 0.717) is 11.9 Å². The summed E-state index contributed by atoms with van der Waals surface area (Å²) in [6.07, 6.45) is 5.84. The Kier molecular flexibility index (Phi) is 6.01. The monoisotopic (exact) mass is 402 g/mol. The molecule has 6 heteroatoms. The second-order valence-corrected chi connectivity index (χ2v) is 10.1. The summed E-state index contributed by atoms with van der Waals surface area (Å²) in [5.41, 5.74) is 0. The van der Waals surface area contributed by atoms with Crippen molar-refractivity contribution in [2.24, 2.45) is 11.8 Å². The van der Waals surface area contributed by atoms with Gasteiger partial charge >= 0.3 is 0 Å². The van der Waals surface area contributed by atoms with Crippen LogP contribution < -0.4 is 4.72 Å². The molecule has 1 aliphatic heterocycles. The largest absolute Gasteiger partial charge is 0.390 e. The van der Waals surface area contributed by atoms with Crippen molar-refractivity contribution in [2.45, 2.75) is 43.1 Å². The maximum absolute atomic E-state index is 12.8. The first kappa shape index (κ1) is 19.8. The second kappa shape index (κ2) is 8.49. The predicted molar refractivity (Wildman–Crippen MR) is 112 cm³/mol. The van der Waals surface area contributed by atoms with E-state index in [2.05, 4.69) is 9.62 Å². The van der Waals surface area contributed by atoms with Crippen LogP contribution in [0.1, 0.15) is 32.1 Å². The first-order chi connectivity index (χ1) is 13.5. The van der Waals surface area contributed by atoms with Gasteiger partial charge < -0.3 is 10.0 Å². The first-order valence-electron chi connectivity index (χ1n) is 10.4. The fraction of sp³-hybridized carbons (Fsp3) is 0.545. The molecule has 1 heterocycles. The van der Waals surface area contributed by atoms with Crippen molar-refractivity contribution in [3.8, 4) is 0 Å². The molecule has 2 aromatic rings. The number of hydrogen-bond acceptors (Lipinski definition) is 4. The van der Waals surface area contributed by atoms with E-state index >= 15 is 0 Å². The summed E-state index contributed by atoms with van der Waals surface area (Å²) >= 11 is 0. The number of aliphatic hydroxyl groups is 1. The molecule has 2 N–H and O–H groups in total. The van der Waals surface area contributed by atoms with Crippen LogP contribution in [-0.4, -0.2) is 50.7 Å². The molecule has 5 nitrogen and oxygen atoms in total. The quantitative estimate of drug-likeness (QED) is 0.779. The van der Waals surface area contributed by atoms with Crippen LogP contribution in [0.2, 0.25) is 0 Å². The number of benzene rings is 2. The second-order valence-electron chi connectivity index (χ2n) is 8.34. The van der Waals surface area contributed by atoms with Gasteiger partial charge in [0.05, 0.1) is 11.0 Å². The fourth-order valence-electron chi connectivity index (χ4n) is 4.92. The minimum absolute atomic E-state index is 0.0378. The first-order valence-corrected chi connectivity index (χ1v) is 11.9. The van der Waals surface area contributed by atoms with E-state index in [1.165, 1.54) is 32.1 Å². The molecule has 2 fully saturated rings. The molecule has 1 saturated heterocycles. The number of likely N-dealkylation sites (tertiary alicyclic amines) is 1. The molecule has 2 aromatic carbocycles. The highest BCUT2D eigenvalue weighted by atomic mass is 32.2. The summed E-state index contributed by atoms with van der Waals surface area (Å²) < 4.78 is 28.2. The molecular formula is C22H30N2O3S. The molecule has 4 rings (SSSR count). The summed E-state index contributed by atoms with van der Waals surface area (Å²) in [6, 6.07) is 12.7. The third-order valence-corrected chi connectivity index (χ3v) is 7.87. The molecule has 1 aliphatic carbocycles. The maximum Gasteiger partial charge on any atom is 0.241 e. The predicted octanol–water partition coefficient (Wildman–Crippen LogP) is 2.99. The van der Waals surface area contributed by atoms with Crippen molar-refractivity contribution in [2.75, 3.05) is 26.2 Å². The van der Waals surface area contributed by atoms with E-state index < -0.39 is 16.1 Å². The van der Waals surface area contributed by atoms with Crippen LogP contribution in [0.5, 0.6) is 0 Å². The lowest BCUT2D eigenvalue weighted by molar-refractivity contribution is 0.0480. The van der Waals surface area contributed by atoms with Gasteiger partial charge in [-0.15, -0.1) is 0 Å². The zero-order chi connectivity index (χ0) is 19.6. The molecule has 0 amide bonds. The van der Waals surface area contributed by atoms with Crippen LogP contribution >= 0.6 is 0 Å². The van der Waals surface area contributed by atoms with Crippen LogP contribution in [-0.2, 0) is 10.0 Å². The molecule has 2 unspecified atom stereocenters. The van der Waals surface area contributed by atoms with Crippen LogP contribution in [0.25, 0.3) is 10.8 Å². The molecule has 152 valence electrons. The molecule has 1 saturated carbocycles. The van der Waals surface area contributed by atoms with Crippen molar-refractivity contribution >= 4 is 20.8 Å². The maximum atomic E-state index is 12.8. The smallest absolute Gasteiger partial charge is 0.241 e. The van der Waals surface area contributed by atoms with Gasteiger partial charge in [0.25, 0.3) is 0 Å². The molecule has 0 radical (unpaired) electrons. The van der Waals surface area contributed by atoms with Crippen LogP contribution in [0.3, 0.4) is 0 Å². The summed E-state index contributed by atoms with van der Waals surface area (Å²) in [5.74, 6) is 1.61. The van der Waals surface area contributed by atoms with Crippen LogP contribution in [0.4, 0.5) is 0 Å². The highest BCUT2D eigenvalue weighted by molar-refractivity contribution is 7.89. The highest BCUT2D eigenvalue weighted by Gasteiger charge is 2.31. The van der Waals surface area contributed by atoms with E-state index in [-0.39, 0.29) is 11.4 Å². The molecule has 28 heavy (non-hydrogen) atoms. The standard InChI is InChI=1S/C22H30N2O3S/c25-20(16-24-13-12-17-6-1-2-8-19(17)15-24)14-23-28(26,27)22-11-5-9-18-7-3-4-10-21(18)22/h3-5,7,9-11,17,19-20,23,25H,1-2,6,8,12-16H2/t17?,19?,20-/m0/s1. The molecule has 0 spiro atoms. The molecule has 2 aliphatic rings. The highest BCUT2D eigenvalue weighted by Crippen LogP contribution is 2.36. The van der Waals surface area contributed by atoms with Crippen molar-refractivity contribution in [3.05, 3.63) is 42.5 Å². The number of fused-ring (bicyclic) bond motifs is 2. The molecular weight excluding hydrogens is 372 g/mol. The van der Waals surface area contributed by atoms with Gasteiger partial charge in [-0.1, -0.05) is 55.7 Å². The van der Waals surface area contributed by atoms with Gasteiger partial charge in [-0.25, -0.2) is 13.1 Å². The van der Waals surface area contributed by atoms with Crippen LogP contribution in [0, 0.1) is 11.8 Å². The average Bonchev–Trinajstić information content (AvgIpc) is 2.72. The number of piperidine rings is 1. The number of β-amino-alcohol motifs (C(OH)–C–C–N with tert-alkyl or cyclic N) is 1. The number of nitrogens with zero attached hydrogens (tertiary/aromatic N) is 1. The Bertz CT molecular complexity index is 910. The number of sulfonamides is 1. The number of hydrogen-bond donors (Lipinski definition) is 2. The number of rotatable bonds is 6. The van der Waals surface area contributed by atoms with Gasteiger partial charge in [-0.2, -0.15) is 0 Å². The van der Waals surface area contributed by atoms with Gasteiger partial charge in [-0.05, 0) is 42.7 Å². The van der Waals surface area contributed by atoms with E-state index in [0.717, 1.165) is 30.3 Å². The lowest BCUT2D eigenvalue weighted by Gasteiger charge is -2.41. The van der Waals surface area contributed by atoms with Gasteiger partial charge in [0, 0.05) is 25.0 Å². The SMILES string of the molecule is O=S(=O)(NC[C@H](O)CN1CCC2CCCCC2C1)c1cccc2ccccc12. The minimum atomic E-state index is -3.67. The minimum Gasteiger partial charge on any atom is -0.390 e. The van der Waals surface area contributed by atoms with Crippen molar-refractivity contribution in [3.63, 3.8) is 0 Å². The van der Waals surface area contributed by atoms with Crippen molar-refractivity contribution in [1.82, 2.24) is 9.62 Å². The van der Waals surface area contributed by atoms with Crippen molar-refractivity contribution < 1.29 is 13.5 Å². The lowest BCUT2D eigenvalue weighted by Crippen LogP contribution is -2.47. The summed E-state index contributed by atoms with van der Waals surface area (Å²) in [7, 11) is -3.67. The molecule has 3 atom stereocenters. The summed E-state index contributed by atoms with van der Waals surface area (Å²) in [6.45, 7) is 2.61. The lowest BCUT2D eigenvalue weighted by atomic mass is 9.75. The summed E-state index contributed by atoms with van der Waals surface area (Å²) in [5, 5.41) is 12.0. The molecule has 0 aromatic heterocycles. The number of nitrogens with one attached hydrogen (secondary N) is 1. The van der Waals surface area contributed by atoms with Gasteiger partial charge in [0.2, 0.25) is 10.0 Å². The molecule has 0 bridgehead atoms. The summed E-state index contributed by atoms with van der Waals surface area (Å²) in [4.78, 5) is 2.57.